The summed E-state index contributed by atoms with van der Waals surface area (Å²) in [6, 6.07) is 0.993. The molecule has 78 valence electrons. The van der Waals surface area contributed by atoms with Crippen molar-refractivity contribution in [1.29, 1.82) is 0 Å². The van der Waals surface area contributed by atoms with Crippen molar-refractivity contribution in [3.05, 3.63) is 0 Å². The Morgan fingerprint density at radius 3 is 2.69 bits per heavy atom. The van der Waals surface area contributed by atoms with E-state index in [9.17, 15) is 5.11 Å². The largest absolute Gasteiger partial charge is 0.389 e. The van der Waals surface area contributed by atoms with E-state index >= 15 is 0 Å². The molecule has 0 saturated carbocycles. The molecule has 0 aromatic heterocycles. The topological polar surface area (TPSA) is 23.5 Å². The molecule has 1 heterocycles. The van der Waals surface area contributed by atoms with Crippen molar-refractivity contribution in [1.82, 2.24) is 4.90 Å². The molecule has 0 bridgehead atoms. The SMILES string of the molecule is CCC(C)N1CPCC1C(C)(C)O. The number of aliphatic hydroxyl groups is 1. The van der Waals surface area contributed by atoms with Crippen LogP contribution in [0, 0.1) is 0 Å². The predicted octanol–water partition coefficient (Wildman–Crippen LogP) is 1.88. The lowest BCUT2D eigenvalue weighted by molar-refractivity contribution is -0.0103. The smallest absolute Gasteiger partial charge is 0.0749 e. The Bertz CT molecular complexity index is 167. The molecule has 1 aliphatic heterocycles. The second-order valence-electron chi connectivity index (χ2n) is 4.55. The molecule has 1 aliphatic rings. The van der Waals surface area contributed by atoms with E-state index in [1.165, 1.54) is 18.9 Å². The molecule has 1 fully saturated rings. The molecule has 3 heteroatoms. The Morgan fingerprint density at radius 2 is 2.23 bits per heavy atom. The van der Waals surface area contributed by atoms with E-state index in [2.05, 4.69) is 18.7 Å². The Kier molecular flexibility index (Phi) is 3.73. The highest BCUT2D eigenvalue weighted by Crippen LogP contribution is 2.34. The van der Waals surface area contributed by atoms with Gasteiger partial charge in [-0.05, 0) is 33.4 Å². The second kappa shape index (κ2) is 4.25. The zero-order chi connectivity index (χ0) is 10.1. The van der Waals surface area contributed by atoms with E-state index in [1.807, 2.05) is 13.8 Å². The fourth-order valence-corrected chi connectivity index (χ4v) is 3.84. The molecule has 1 N–H and O–H groups in total. The van der Waals surface area contributed by atoms with Crippen LogP contribution in [0.25, 0.3) is 0 Å². The van der Waals surface area contributed by atoms with Crippen LogP contribution in [0.15, 0.2) is 0 Å². The van der Waals surface area contributed by atoms with E-state index in [4.69, 9.17) is 0 Å². The number of hydrogen-bond acceptors (Lipinski definition) is 2. The molecule has 0 amide bonds. The lowest BCUT2D eigenvalue weighted by atomic mass is 9.98. The van der Waals surface area contributed by atoms with Gasteiger partial charge in [0.05, 0.1) is 5.60 Å². The van der Waals surface area contributed by atoms with Crippen LogP contribution in [0.4, 0.5) is 0 Å². The highest BCUT2D eigenvalue weighted by molar-refractivity contribution is 7.38. The molecule has 3 atom stereocenters. The Labute approximate surface area is 83.5 Å². The van der Waals surface area contributed by atoms with Gasteiger partial charge < -0.3 is 5.11 Å². The van der Waals surface area contributed by atoms with E-state index in [0.717, 1.165) is 8.58 Å². The van der Waals surface area contributed by atoms with Gasteiger partial charge in [0.2, 0.25) is 0 Å². The average Bonchev–Trinajstić information content (AvgIpc) is 2.49. The highest BCUT2D eigenvalue weighted by atomic mass is 31.1. The Balaban J connectivity index is 2.64. The van der Waals surface area contributed by atoms with Gasteiger partial charge in [0.25, 0.3) is 0 Å². The summed E-state index contributed by atoms with van der Waals surface area (Å²) in [5, 5.41) is 10.00. The van der Waals surface area contributed by atoms with Crippen LogP contribution in [0.3, 0.4) is 0 Å². The number of hydrogen-bond donors (Lipinski definition) is 1. The standard InChI is InChI=1S/C10H22NOP/c1-5-8(2)11-7-13-6-9(11)10(3,4)12/h8-9,12-13H,5-7H2,1-4H3. The van der Waals surface area contributed by atoms with Crippen molar-refractivity contribution in [2.75, 3.05) is 12.4 Å². The zero-order valence-corrected chi connectivity index (χ0v) is 10.2. The molecule has 0 aliphatic carbocycles. The van der Waals surface area contributed by atoms with Crippen LogP contribution >= 0.6 is 8.58 Å². The van der Waals surface area contributed by atoms with Gasteiger partial charge in [0.1, 0.15) is 0 Å². The monoisotopic (exact) mass is 203 g/mol. The summed E-state index contributed by atoms with van der Waals surface area (Å²) in [6.45, 7) is 8.34. The van der Waals surface area contributed by atoms with Crippen molar-refractivity contribution in [3.63, 3.8) is 0 Å². The maximum absolute atomic E-state index is 10.00. The summed E-state index contributed by atoms with van der Waals surface area (Å²) in [5.41, 5.74) is -0.535. The number of rotatable bonds is 3. The first-order valence-corrected chi connectivity index (χ1v) is 6.57. The first-order chi connectivity index (χ1) is 5.96. The molecule has 0 aromatic rings. The quantitative estimate of drug-likeness (QED) is 0.708. The van der Waals surface area contributed by atoms with Gasteiger partial charge >= 0.3 is 0 Å². The summed E-state index contributed by atoms with van der Waals surface area (Å²) in [7, 11) is 1.00. The first kappa shape index (κ1) is 11.4. The maximum atomic E-state index is 10.00. The molecule has 0 aromatic carbocycles. The number of nitrogens with zero attached hydrogens (tertiary/aromatic N) is 1. The molecule has 13 heavy (non-hydrogen) atoms. The van der Waals surface area contributed by atoms with Crippen molar-refractivity contribution in [3.8, 4) is 0 Å². The summed E-state index contributed by atoms with van der Waals surface area (Å²) in [5.74, 6) is 0. The Hall–Kier alpha value is 0.350. The van der Waals surface area contributed by atoms with Crippen LogP contribution in [-0.4, -0.2) is 40.1 Å². The fourth-order valence-electron chi connectivity index (χ4n) is 1.91. The van der Waals surface area contributed by atoms with Crippen LogP contribution in [-0.2, 0) is 0 Å². The minimum Gasteiger partial charge on any atom is -0.389 e. The van der Waals surface area contributed by atoms with Gasteiger partial charge in [0, 0.05) is 18.4 Å². The minimum absolute atomic E-state index is 0.376. The summed E-state index contributed by atoms with van der Waals surface area (Å²) in [4.78, 5) is 2.47. The van der Waals surface area contributed by atoms with Gasteiger partial charge in [-0.3, -0.25) is 4.90 Å². The van der Waals surface area contributed by atoms with E-state index < -0.39 is 5.60 Å². The van der Waals surface area contributed by atoms with E-state index in [-0.39, 0.29) is 0 Å². The zero-order valence-electron chi connectivity index (χ0n) is 9.17. The van der Waals surface area contributed by atoms with Crippen molar-refractivity contribution >= 4 is 8.58 Å². The molecule has 0 radical (unpaired) electrons. The van der Waals surface area contributed by atoms with Gasteiger partial charge in [-0.2, -0.15) is 0 Å². The maximum Gasteiger partial charge on any atom is 0.0749 e. The van der Waals surface area contributed by atoms with Crippen LogP contribution in [0.1, 0.15) is 34.1 Å². The van der Waals surface area contributed by atoms with Gasteiger partial charge in [-0.25, -0.2) is 0 Å². The lowest BCUT2D eigenvalue weighted by Gasteiger charge is -2.36. The van der Waals surface area contributed by atoms with Crippen LogP contribution in [0.2, 0.25) is 0 Å². The lowest BCUT2D eigenvalue weighted by Crippen LogP contribution is -2.50. The van der Waals surface area contributed by atoms with Crippen molar-refractivity contribution in [2.24, 2.45) is 0 Å². The molecule has 0 spiro atoms. The molecule has 3 unspecified atom stereocenters. The van der Waals surface area contributed by atoms with Gasteiger partial charge in [-0.1, -0.05) is 6.92 Å². The molecule has 1 rings (SSSR count). The Morgan fingerprint density at radius 1 is 1.62 bits per heavy atom. The molecule has 2 nitrogen and oxygen atoms in total. The molecule has 1 saturated heterocycles. The van der Waals surface area contributed by atoms with Gasteiger partial charge in [0.15, 0.2) is 0 Å². The second-order valence-corrected chi connectivity index (χ2v) is 5.78. The normalized spacial score (nSPS) is 29.8. The summed E-state index contributed by atoms with van der Waals surface area (Å²) < 4.78 is 0. The third kappa shape index (κ3) is 2.65. The summed E-state index contributed by atoms with van der Waals surface area (Å²) in [6.07, 6.45) is 3.54. The van der Waals surface area contributed by atoms with Gasteiger partial charge in [-0.15, -0.1) is 8.58 Å². The van der Waals surface area contributed by atoms with E-state index in [1.54, 1.807) is 0 Å². The highest BCUT2D eigenvalue weighted by Gasteiger charge is 2.37. The molecular weight excluding hydrogens is 181 g/mol. The fraction of sp³-hybridized carbons (Fsp3) is 1.00. The summed E-state index contributed by atoms with van der Waals surface area (Å²) >= 11 is 0. The molecular formula is C10H22NOP. The van der Waals surface area contributed by atoms with E-state index in [0.29, 0.717) is 12.1 Å². The minimum atomic E-state index is -0.535. The van der Waals surface area contributed by atoms with Crippen LogP contribution in [0.5, 0.6) is 0 Å². The van der Waals surface area contributed by atoms with Crippen molar-refractivity contribution < 1.29 is 5.11 Å². The average molecular weight is 203 g/mol. The first-order valence-electron chi connectivity index (χ1n) is 5.15. The van der Waals surface area contributed by atoms with Crippen LogP contribution < -0.4 is 0 Å². The predicted molar refractivity (Wildman–Crippen MR) is 59.7 cm³/mol. The third-order valence-electron chi connectivity index (χ3n) is 3.00. The third-order valence-corrected chi connectivity index (χ3v) is 4.27. The van der Waals surface area contributed by atoms with Crippen molar-refractivity contribution in [2.45, 2.75) is 51.8 Å².